The van der Waals surface area contributed by atoms with Crippen LogP contribution >= 0.6 is 0 Å². The van der Waals surface area contributed by atoms with Crippen molar-refractivity contribution in [1.82, 2.24) is 30.1 Å². The van der Waals surface area contributed by atoms with E-state index in [1.54, 1.807) is 18.1 Å². The smallest absolute Gasteiger partial charge is 0.252 e. The number of hydrogen-bond acceptors (Lipinski definition) is 7. The maximum atomic E-state index is 13.2. The van der Waals surface area contributed by atoms with Crippen molar-refractivity contribution < 1.29 is 9.15 Å². The van der Waals surface area contributed by atoms with E-state index in [2.05, 4.69) is 32.3 Å². The van der Waals surface area contributed by atoms with Crippen LogP contribution in [0.25, 0.3) is 10.9 Å². The molecule has 0 bridgehead atoms. The van der Waals surface area contributed by atoms with Crippen LogP contribution in [0.4, 0.5) is 0 Å². The van der Waals surface area contributed by atoms with Crippen LogP contribution in [0, 0.1) is 6.92 Å². The Morgan fingerprint density at radius 2 is 1.95 bits per heavy atom. The number of hydrogen-bond donors (Lipinski definition) is 1. The lowest BCUT2D eigenvalue weighted by molar-refractivity contribution is 0.161. The lowest BCUT2D eigenvalue weighted by atomic mass is 10.1. The van der Waals surface area contributed by atoms with Gasteiger partial charge in [-0.15, -0.1) is 5.10 Å². The number of H-pyrrole nitrogens is 1. The maximum absolute atomic E-state index is 13.2. The summed E-state index contributed by atoms with van der Waals surface area (Å²) in [6.07, 6.45) is 2.39. The van der Waals surface area contributed by atoms with Crippen LogP contribution in [0.15, 0.2) is 76.1 Å². The second kappa shape index (κ2) is 10.8. The second-order valence-corrected chi connectivity index (χ2v) is 9.11. The van der Waals surface area contributed by atoms with Gasteiger partial charge in [-0.1, -0.05) is 37.3 Å². The van der Waals surface area contributed by atoms with Crippen molar-refractivity contribution in [2.45, 2.75) is 45.9 Å². The molecule has 1 atom stereocenters. The van der Waals surface area contributed by atoms with Gasteiger partial charge in [-0.3, -0.25) is 9.69 Å². The molecular formula is C28H30N6O3. The lowest BCUT2D eigenvalue weighted by Crippen LogP contribution is -2.32. The van der Waals surface area contributed by atoms with Gasteiger partial charge in [0.05, 0.1) is 24.9 Å². The van der Waals surface area contributed by atoms with E-state index < -0.39 is 0 Å². The lowest BCUT2D eigenvalue weighted by Gasteiger charge is -2.30. The molecule has 0 aliphatic heterocycles. The molecular weight excluding hydrogens is 468 g/mol. The largest absolute Gasteiger partial charge is 0.497 e. The summed E-state index contributed by atoms with van der Waals surface area (Å²) in [5, 5.41) is 13.6. The molecule has 5 aromatic rings. The first kappa shape index (κ1) is 24.5. The van der Waals surface area contributed by atoms with Crippen LogP contribution in [0.2, 0.25) is 0 Å². The van der Waals surface area contributed by atoms with Gasteiger partial charge in [0.2, 0.25) is 0 Å². The Balaban J connectivity index is 1.52. The zero-order chi connectivity index (χ0) is 25.8. The number of aromatic nitrogens is 5. The normalized spacial score (nSPS) is 12.3. The fourth-order valence-corrected chi connectivity index (χ4v) is 4.72. The number of para-hydroxylation sites is 1. The van der Waals surface area contributed by atoms with E-state index in [-0.39, 0.29) is 11.6 Å². The number of pyridine rings is 1. The molecule has 0 radical (unpaired) electrons. The maximum Gasteiger partial charge on any atom is 0.252 e. The minimum Gasteiger partial charge on any atom is -0.497 e. The number of benzene rings is 2. The minimum absolute atomic E-state index is 0.0911. The summed E-state index contributed by atoms with van der Waals surface area (Å²) < 4.78 is 12.6. The van der Waals surface area contributed by atoms with Crippen LogP contribution in [-0.4, -0.2) is 37.2 Å². The topological polar surface area (TPSA) is 102 Å². The second-order valence-electron chi connectivity index (χ2n) is 9.11. The molecule has 0 aliphatic rings. The third-order valence-corrected chi connectivity index (χ3v) is 6.65. The molecule has 0 saturated carbocycles. The Hall–Kier alpha value is -4.24. The van der Waals surface area contributed by atoms with Crippen molar-refractivity contribution in [1.29, 1.82) is 0 Å². The Kier molecular flexibility index (Phi) is 7.14. The monoisotopic (exact) mass is 498 g/mol. The Bertz CT molecular complexity index is 1520. The van der Waals surface area contributed by atoms with Gasteiger partial charge in [-0.25, -0.2) is 4.68 Å². The number of nitrogens with zero attached hydrogens (tertiary/aromatic N) is 5. The summed E-state index contributed by atoms with van der Waals surface area (Å²) in [7, 11) is 1.65. The van der Waals surface area contributed by atoms with Crippen LogP contribution in [0.5, 0.6) is 5.75 Å². The van der Waals surface area contributed by atoms with Gasteiger partial charge >= 0.3 is 0 Å². The molecule has 190 valence electrons. The van der Waals surface area contributed by atoms with Gasteiger partial charge in [0.15, 0.2) is 5.82 Å². The third-order valence-electron chi connectivity index (χ3n) is 6.65. The molecule has 3 aromatic heterocycles. The van der Waals surface area contributed by atoms with Crippen molar-refractivity contribution >= 4 is 10.9 Å². The van der Waals surface area contributed by atoms with Gasteiger partial charge < -0.3 is 14.1 Å². The standard InChI is InChI=1S/C28H30N6O3/c1-4-25(27-30-31-32-34(27)18-24-9-6-14-37-24)33(16-20-10-12-23(36-3)13-11-20)17-22-15-21-8-5-7-19(2)26(21)29-28(22)35/h5-15,25H,4,16-18H2,1-3H3,(H,29,35). The molecule has 5 rings (SSSR count). The molecule has 0 saturated heterocycles. The Morgan fingerprint density at radius 3 is 2.68 bits per heavy atom. The highest BCUT2D eigenvalue weighted by atomic mass is 16.5. The number of rotatable bonds is 10. The van der Waals surface area contributed by atoms with Gasteiger partial charge in [-0.05, 0) is 70.6 Å². The number of tetrazole rings is 1. The molecule has 1 N–H and O–H groups in total. The number of methoxy groups -OCH3 is 1. The highest BCUT2D eigenvalue weighted by Gasteiger charge is 2.26. The molecule has 9 heteroatoms. The minimum atomic E-state index is -0.139. The first-order valence-electron chi connectivity index (χ1n) is 12.3. The SMILES string of the molecule is CCC(c1nnnn1Cc1ccco1)N(Cc1ccc(OC)cc1)Cc1cc2cccc(C)c2[nH]c1=O. The Morgan fingerprint density at radius 1 is 1.11 bits per heavy atom. The highest BCUT2D eigenvalue weighted by Crippen LogP contribution is 2.27. The van der Waals surface area contributed by atoms with E-state index in [0.29, 0.717) is 25.2 Å². The van der Waals surface area contributed by atoms with Crippen LogP contribution in [0.3, 0.4) is 0 Å². The molecule has 0 spiro atoms. The number of aryl methyl sites for hydroxylation is 1. The van der Waals surface area contributed by atoms with Crippen LogP contribution < -0.4 is 10.3 Å². The van der Waals surface area contributed by atoms with Crippen molar-refractivity contribution in [2.75, 3.05) is 7.11 Å². The van der Waals surface area contributed by atoms with Gasteiger partial charge in [0.1, 0.15) is 18.1 Å². The molecule has 3 heterocycles. The van der Waals surface area contributed by atoms with Gasteiger partial charge in [0.25, 0.3) is 5.56 Å². The van der Waals surface area contributed by atoms with E-state index in [9.17, 15) is 4.79 Å². The van der Waals surface area contributed by atoms with Crippen LogP contribution in [-0.2, 0) is 19.6 Å². The van der Waals surface area contributed by atoms with E-state index in [1.165, 1.54) is 0 Å². The number of furan rings is 1. The predicted molar refractivity (Wildman–Crippen MR) is 140 cm³/mol. The predicted octanol–water partition coefficient (Wildman–Crippen LogP) is 4.63. The summed E-state index contributed by atoms with van der Waals surface area (Å²) >= 11 is 0. The molecule has 37 heavy (non-hydrogen) atoms. The van der Waals surface area contributed by atoms with Crippen molar-refractivity contribution in [2.24, 2.45) is 0 Å². The first-order valence-corrected chi connectivity index (χ1v) is 12.3. The third kappa shape index (κ3) is 5.31. The molecule has 0 amide bonds. The van der Waals surface area contributed by atoms with E-state index in [0.717, 1.165) is 45.8 Å². The van der Waals surface area contributed by atoms with Crippen molar-refractivity contribution in [3.05, 3.63) is 106 Å². The molecule has 1 unspecified atom stereocenters. The highest BCUT2D eigenvalue weighted by molar-refractivity contribution is 5.81. The van der Waals surface area contributed by atoms with E-state index >= 15 is 0 Å². The van der Waals surface area contributed by atoms with Gasteiger partial charge in [-0.2, -0.15) is 0 Å². The summed E-state index contributed by atoms with van der Waals surface area (Å²) in [5.74, 6) is 2.29. The Labute approximate surface area is 214 Å². The van der Waals surface area contributed by atoms with E-state index in [1.807, 2.05) is 67.6 Å². The van der Waals surface area contributed by atoms with Crippen molar-refractivity contribution in [3.63, 3.8) is 0 Å². The summed E-state index contributed by atoms with van der Waals surface area (Å²) in [6.45, 7) is 5.56. The van der Waals surface area contributed by atoms with Gasteiger partial charge in [0, 0.05) is 18.7 Å². The molecule has 0 fully saturated rings. The number of nitrogens with one attached hydrogen (secondary N) is 1. The molecule has 0 aliphatic carbocycles. The van der Waals surface area contributed by atoms with Crippen LogP contribution in [0.1, 0.15) is 47.7 Å². The molecule has 2 aromatic carbocycles. The average Bonchev–Trinajstić information content (AvgIpc) is 3.59. The number of ether oxygens (including phenoxy) is 1. The fourth-order valence-electron chi connectivity index (χ4n) is 4.72. The fraction of sp³-hybridized carbons (Fsp3) is 0.286. The zero-order valence-corrected chi connectivity index (χ0v) is 21.2. The number of aromatic amines is 1. The zero-order valence-electron chi connectivity index (χ0n) is 21.2. The summed E-state index contributed by atoms with van der Waals surface area (Å²) in [5.41, 5.74) is 3.60. The number of fused-ring (bicyclic) bond motifs is 1. The summed E-state index contributed by atoms with van der Waals surface area (Å²) in [6, 6.07) is 19.6. The quantitative estimate of drug-likeness (QED) is 0.300. The summed E-state index contributed by atoms with van der Waals surface area (Å²) in [4.78, 5) is 18.5. The average molecular weight is 499 g/mol. The first-order chi connectivity index (χ1) is 18.1. The van der Waals surface area contributed by atoms with E-state index in [4.69, 9.17) is 9.15 Å². The molecule has 9 nitrogen and oxygen atoms in total. The van der Waals surface area contributed by atoms with Crippen molar-refractivity contribution in [3.8, 4) is 5.75 Å².